The lowest BCUT2D eigenvalue weighted by Crippen LogP contribution is -2.40. The van der Waals surface area contributed by atoms with E-state index in [9.17, 15) is 4.79 Å². The van der Waals surface area contributed by atoms with Gasteiger partial charge in [-0.1, -0.05) is 38.6 Å². The number of benzene rings is 1. The van der Waals surface area contributed by atoms with Gasteiger partial charge in [0.15, 0.2) is 0 Å². The summed E-state index contributed by atoms with van der Waals surface area (Å²) in [5.41, 5.74) is 5.27. The number of nitrogens with zero attached hydrogens (tertiary/aromatic N) is 2. The molecule has 1 aromatic carbocycles. The number of carbonyl (C=O) groups excluding carboxylic acids is 1. The molecule has 0 radical (unpaired) electrons. The summed E-state index contributed by atoms with van der Waals surface area (Å²) in [6, 6.07) is 6.40. The van der Waals surface area contributed by atoms with Crippen molar-refractivity contribution >= 4 is 17.3 Å². The Morgan fingerprint density at radius 3 is 2.43 bits per heavy atom. The smallest absolute Gasteiger partial charge is 0.223 e. The van der Waals surface area contributed by atoms with Gasteiger partial charge in [0.05, 0.1) is 13.2 Å². The molecule has 0 spiro atoms. The zero-order valence-electron chi connectivity index (χ0n) is 18.9. The first-order chi connectivity index (χ1) is 14.3. The van der Waals surface area contributed by atoms with Crippen LogP contribution in [0.15, 0.2) is 37.1 Å². The fourth-order valence-electron chi connectivity index (χ4n) is 4.54. The minimum atomic E-state index is 0.172. The number of amides is 1. The number of nitrogens with one attached hydrogen (secondary N) is 1. The van der Waals surface area contributed by atoms with E-state index in [4.69, 9.17) is 4.74 Å². The van der Waals surface area contributed by atoms with Crippen LogP contribution in [0, 0.1) is 18.8 Å². The first kappa shape index (κ1) is 22.4. The highest BCUT2D eigenvalue weighted by atomic mass is 16.5. The van der Waals surface area contributed by atoms with Crippen LogP contribution in [0.1, 0.15) is 44.2 Å². The fourth-order valence-corrected chi connectivity index (χ4v) is 4.54. The Morgan fingerprint density at radius 1 is 1.10 bits per heavy atom. The number of likely N-dealkylation sites (tertiary alicyclic amines) is 1. The maximum absolute atomic E-state index is 12.4. The van der Waals surface area contributed by atoms with Crippen molar-refractivity contribution in [2.45, 2.75) is 40.0 Å². The van der Waals surface area contributed by atoms with Crippen LogP contribution in [0.2, 0.25) is 0 Å². The minimum Gasteiger partial charge on any atom is -0.378 e. The molecule has 2 heterocycles. The number of morpholine rings is 1. The molecule has 2 aliphatic rings. The number of ether oxygens (including phenoxy) is 1. The van der Waals surface area contributed by atoms with Crippen molar-refractivity contribution in [1.29, 1.82) is 0 Å². The summed E-state index contributed by atoms with van der Waals surface area (Å²) in [6.45, 7) is 20.1. The van der Waals surface area contributed by atoms with Crippen LogP contribution in [0.4, 0.5) is 5.69 Å². The van der Waals surface area contributed by atoms with Crippen molar-refractivity contribution in [3.05, 3.63) is 48.2 Å². The molecule has 164 valence electrons. The molecule has 30 heavy (non-hydrogen) atoms. The van der Waals surface area contributed by atoms with Crippen molar-refractivity contribution in [1.82, 2.24) is 9.80 Å². The summed E-state index contributed by atoms with van der Waals surface area (Å²) in [6.07, 6.45) is 2.36. The predicted octanol–water partition coefficient (Wildman–Crippen LogP) is 4.51. The molecule has 3 rings (SSSR count). The topological polar surface area (TPSA) is 44.8 Å². The van der Waals surface area contributed by atoms with Gasteiger partial charge in [0.25, 0.3) is 0 Å². The number of hydrogen-bond acceptors (Lipinski definition) is 4. The van der Waals surface area contributed by atoms with Crippen molar-refractivity contribution in [3.8, 4) is 0 Å². The van der Waals surface area contributed by atoms with Gasteiger partial charge in [-0.05, 0) is 43.7 Å². The number of rotatable bonds is 7. The summed E-state index contributed by atoms with van der Waals surface area (Å²) in [5, 5.41) is 3.46. The van der Waals surface area contributed by atoms with Crippen LogP contribution in [-0.4, -0.2) is 55.1 Å². The molecular weight excluding hydrogens is 374 g/mol. The monoisotopic (exact) mass is 411 g/mol. The highest BCUT2D eigenvalue weighted by Gasteiger charge is 2.24. The third-order valence-electron chi connectivity index (χ3n) is 6.05. The number of allylic oxidation sites excluding steroid dienone is 1. The molecule has 2 fully saturated rings. The Hall–Kier alpha value is -2.27. The van der Waals surface area contributed by atoms with Crippen LogP contribution in [-0.2, 0) is 9.53 Å². The Kier molecular flexibility index (Phi) is 7.59. The van der Waals surface area contributed by atoms with Crippen LogP contribution in [0.5, 0.6) is 0 Å². The number of carbonyl (C=O) groups is 1. The van der Waals surface area contributed by atoms with Gasteiger partial charge in [-0.25, -0.2) is 0 Å². The van der Waals surface area contributed by atoms with E-state index in [-0.39, 0.29) is 5.91 Å². The largest absolute Gasteiger partial charge is 0.378 e. The molecule has 5 heteroatoms. The second kappa shape index (κ2) is 10.2. The van der Waals surface area contributed by atoms with E-state index < -0.39 is 0 Å². The quantitative estimate of drug-likeness (QED) is 0.717. The van der Waals surface area contributed by atoms with E-state index in [0.29, 0.717) is 51.0 Å². The van der Waals surface area contributed by atoms with Crippen molar-refractivity contribution in [2.24, 2.45) is 11.8 Å². The lowest BCUT2D eigenvalue weighted by Gasteiger charge is -2.38. The average molecular weight is 412 g/mol. The highest BCUT2D eigenvalue weighted by molar-refractivity contribution is 5.78. The molecule has 0 aromatic heterocycles. The molecule has 1 amide bonds. The van der Waals surface area contributed by atoms with Crippen LogP contribution >= 0.6 is 0 Å². The maximum atomic E-state index is 12.4. The highest BCUT2D eigenvalue weighted by Crippen LogP contribution is 2.32. The Balaban J connectivity index is 1.63. The summed E-state index contributed by atoms with van der Waals surface area (Å²) in [7, 11) is 0. The third-order valence-corrected chi connectivity index (χ3v) is 6.05. The molecule has 0 aliphatic carbocycles. The molecule has 1 N–H and O–H groups in total. The second-order valence-corrected chi connectivity index (χ2v) is 9.07. The van der Waals surface area contributed by atoms with Crippen molar-refractivity contribution in [3.63, 3.8) is 0 Å². The zero-order valence-corrected chi connectivity index (χ0v) is 18.9. The fraction of sp³-hybridized carbons (Fsp3) is 0.560. The first-order valence-electron chi connectivity index (χ1n) is 11.2. The molecule has 0 unspecified atom stereocenters. The Labute approximate surface area is 181 Å². The molecule has 1 aromatic rings. The predicted molar refractivity (Wildman–Crippen MR) is 124 cm³/mol. The zero-order chi connectivity index (χ0) is 21.7. The van der Waals surface area contributed by atoms with Gasteiger partial charge in [-0.2, -0.15) is 0 Å². The molecule has 5 nitrogen and oxygen atoms in total. The van der Waals surface area contributed by atoms with Crippen LogP contribution < -0.4 is 5.32 Å². The number of anilines is 1. The minimum absolute atomic E-state index is 0.172. The summed E-state index contributed by atoms with van der Waals surface area (Å²) >= 11 is 0. The Bertz CT molecular complexity index is 773. The molecule has 2 atom stereocenters. The van der Waals surface area contributed by atoms with Gasteiger partial charge in [0.1, 0.15) is 0 Å². The van der Waals surface area contributed by atoms with E-state index in [2.05, 4.69) is 62.3 Å². The van der Waals surface area contributed by atoms with Gasteiger partial charge in [0, 0.05) is 55.2 Å². The van der Waals surface area contributed by atoms with Gasteiger partial charge in [-0.3, -0.25) is 4.79 Å². The van der Waals surface area contributed by atoms with E-state index in [1.54, 1.807) is 0 Å². The van der Waals surface area contributed by atoms with Gasteiger partial charge < -0.3 is 19.9 Å². The summed E-state index contributed by atoms with van der Waals surface area (Å²) < 4.78 is 5.33. The SMILES string of the molecule is C=C(CCC(=O)N1CCOCC1)Nc1ccc(C)cc1C(=C)N1C[C@H](C)C[C@H](C)C1. The van der Waals surface area contributed by atoms with Crippen LogP contribution in [0.3, 0.4) is 0 Å². The van der Waals surface area contributed by atoms with E-state index in [1.165, 1.54) is 12.0 Å². The number of piperidine rings is 1. The van der Waals surface area contributed by atoms with Gasteiger partial charge >= 0.3 is 0 Å². The van der Waals surface area contributed by atoms with Crippen LogP contribution in [0.25, 0.3) is 5.70 Å². The normalized spacial score (nSPS) is 22.0. The van der Waals surface area contributed by atoms with E-state index in [0.717, 1.165) is 35.7 Å². The van der Waals surface area contributed by atoms with Gasteiger partial charge in [0.2, 0.25) is 5.91 Å². The molecule has 0 saturated carbocycles. The maximum Gasteiger partial charge on any atom is 0.223 e. The standard InChI is InChI=1S/C25H37N3O2/c1-18-6-8-24(23(15-18)22(5)28-16-19(2)14-20(3)17-28)26-21(4)7-9-25(29)27-10-12-30-13-11-27/h6,8,15,19-20,26H,4-5,7,9-14,16-17H2,1-3H3/t19-,20+. The molecule has 2 saturated heterocycles. The number of aryl methyl sites for hydroxylation is 1. The van der Waals surface area contributed by atoms with Gasteiger partial charge in [-0.15, -0.1) is 0 Å². The molecule has 0 bridgehead atoms. The summed E-state index contributed by atoms with van der Waals surface area (Å²) in [5.74, 6) is 1.52. The van der Waals surface area contributed by atoms with Crippen molar-refractivity contribution < 1.29 is 9.53 Å². The average Bonchev–Trinajstić information content (AvgIpc) is 2.72. The lowest BCUT2D eigenvalue weighted by atomic mass is 9.91. The van der Waals surface area contributed by atoms with Crippen molar-refractivity contribution in [2.75, 3.05) is 44.7 Å². The third kappa shape index (κ3) is 5.88. The second-order valence-electron chi connectivity index (χ2n) is 9.07. The van der Waals surface area contributed by atoms with E-state index >= 15 is 0 Å². The molecule has 2 aliphatic heterocycles. The first-order valence-corrected chi connectivity index (χ1v) is 11.2. The number of hydrogen-bond donors (Lipinski definition) is 1. The molecular formula is C25H37N3O2. The Morgan fingerprint density at radius 2 is 1.77 bits per heavy atom. The van der Waals surface area contributed by atoms with E-state index in [1.807, 2.05) is 4.90 Å². The lowest BCUT2D eigenvalue weighted by molar-refractivity contribution is -0.135. The summed E-state index contributed by atoms with van der Waals surface area (Å²) in [4.78, 5) is 16.7.